The molecule has 1 aliphatic carbocycles. The van der Waals surface area contributed by atoms with Crippen molar-refractivity contribution in [1.82, 2.24) is 0 Å². The van der Waals surface area contributed by atoms with E-state index in [1.807, 2.05) is 24.3 Å². The largest absolute Gasteiger partial charge is 0.453 e. The third-order valence-corrected chi connectivity index (χ3v) is 12.4. The maximum absolute atomic E-state index is 6.62. The van der Waals surface area contributed by atoms with E-state index in [-0.39, 0.29) is 0 Å². The van der Waals surface area contributed by atoms with Crippen molar-refractivity contribution >= 4 is 17.1 Å². The van der Waals surface area contributed by atoms with Gasteiger partial charge in [-0.3, -0.25) is 4.90 Å². The highest BCUT2D eigenvalue weighted by Crippen LogP contribution is 2.61. The number of para-hydroxylation sites is 4. The second kappa shape index (κ2) is 13.2. The third kappa shape index (κ3) is 5.08. The van der Waals surface area contributed by atoms with E-state index in [0.29, 0.717) is 0 Å². The Balaban J connectivity index is 0.936. The second-order valence-electron chi connectivity index (χ2n) is 15.6. The molecule has 0 spiro atoms. The monoisotopic (exact) mass is 755 g/mol. The Morgan fingerprint density at radius 2 is 0.898 bits per heavy atom. The normalized spacial score (nSPS) is 13.5. The van der Waals surface area contributed by atoms with E-state index in [1.165, 1.54) is 44.5 Å². The van der Waals surface area contributed by atoms with Crippen LogP contribution in [0, 0.1) is 0 Å². The van der Waals surface area contributed by atoms with Crippen molar-refractivity contribution < 1.29 is 9.47 Å². The molecule has 0 saturated carbocycles. The number of hydrogen-bond acceptors (Lipinski definition) is 3. The zero-order valence-electron chi connectivity index (χ0n) is 32.2. The fourth-order valence-corrected chi connectivity index (χ4v) is 9.92. The van der Waals surface area contributed by atoms with Gasteiger partial charge in [0.25, 0.3) is 0 Å². The van der Waals surface area contributed by atoms with Crippen LogP contribution in [0.1, 0.15) is 33.4 Å². The number of rotatable bonds is 6. The Kier molecular flexibility index (Phi) is 7.51. The van der Waals surface area contributed by atoms with Crippen molar-refractivity contribution in [2.45, 2.75) is 11.8 Å². The van der Waals surface area contributed by atoms with Crippen LogP contribution in [-0.2, 0) is 11.8 Å². The van der Waals surface area contributed by atoms with E-state index in [1.54, 1.807) is 0 Å². The highest BCUT2D eigenvalue weighted by atomic mass is 16.5. The highest BCUT2D eigenvalue weighted by molar-refractivity contribution is 5.96. The average molecular weight is 756 g/mol. The van der Waals surface area contributed by atoms with Crippen molar-refractivity contribution in [3.63, 3.8) is 0 Å². The minimum Gasteiger partial charge on any atom is -0.453 e. The molecule has 3 aliphatic rings. The zero-order chi connectivity index (χ0) is 38.9. The molecule has 2 aliphatic heterocycles. The number of nitrogens with zero attached hydrogens (tertiary/aromatic N) is 1. The zero-order valence-corrected chi connectivity index (χ0v) is 32.2. The highest BCUT2D eigenvalue weighted by Gasteiger charge is 2.47. The molecular formula is C56H37NO2. The molecule has 0 amide bonds. The summed E-state index contributed by atoms with van der Waals surface area (Å²) in [6.45, 7) is 0. The van der Waals surface area contributed by atoms with Gasteiger partial charge < -0.3 is 9.47 Å². The summed E-state index contributed by atoms with van der Waals surface area (Å²) in [5.74, 6) is 3.19. The van der Waals surface area contributed by atoms with Gasteiger partial charge in [-0.2, -0.15) is 0 Å². The lowest BCUT2D eigenvalue weighted by molar-refractivity contribution is 0.446. The lowest BCUT2D eigenvalue weighted by atomic mass is 9.66. The Hall–Kier alpha value is -7.62. The van der Waals surface area contributed by atoms with Crippen LogP contribution in [0.15, 0.2) is 212 Å². The SMILES string of the molecule is c1ccc(C2(c3ccccc3)c3ccccc3-c3cccc(Cc4ccc(-c5ccccc5-c5cc6c7c(c5)Oc5ccccc5N7c5ccccc5O6)cc4)c32)cc1. The van der Waals surface area contributed by atoms with Crippen LogP contribution in [-0.4, -0.2) is 0 Å². The Labute approximate surface area is 344 Å². The van der Waals surface area contributed by atoms with E-state index in [0.717, 1.165) is 68.7 Å². The summed E-state index contributed by atoms with van der Waals surface area (Å²) in [5.41, 5.74) is 17.4. The van der Waals surface area contributed by atoms with Crippen LogP contribution in [0.4, 0.5) is 17.1 Å². The first kappa shape index (κ1) is 33.5. The molecule has 0 aromatic heterocycles. The standard InChI is InChI=1S/C56H37NO2/c1-3-17-41(18-4-1)56(42-19-5-2-6-20-42)47-25-10-9-23-45(47)46-24-15-16-39(54(46)56)34-37-30-32-38(33-31-37)43-21-7-8-22-44(43)40-35-52-55-53(36-40)59-51-29-14-12-27-49(51)57(55)48-26-11-13-28-50(48)58-52/h1-33,35-36H,34H2. The third-order valence-electron chi connectivity index (χ3n) is 12.4. The molecule has 12 rings (SSSR count). The van der Waals surface area contributed by atoms with Gasteiger partial charge in [-0.25, -0.2) is 0 Å². The van der Waals surface area contributed by atoms with Gasteiger partial charge >= 0.3 is 0 Å². The molecule has 59 heavy (non-hydrogen) atoms. The van der Waals surface area contributed by atoms with Crippen LogP contribution in [0.2, 0.25) is 0 Å². The van der Waals surface area contributed by atoms with Crippen molar-refractivity contribution in [3.8, 4) is 56.4 Å². The van der Waals surface area contributed by atoms with Gasteiger partial charge in [0.15, 0.2) is 23.0 Å². The van der Waals surface area contributed by atoms with Gasteiger partial charge in [0, 0.05) is 0 Å². The summed E-state index contributed by atoms with van der Waals surface area (Å²) in [6, 6.07) is 76.5. The Morgan fingerprint density at radius 1 is 0.390 bits per heavy atom. The summed E-state index contributed by atoms with van der Waals surface area (Å²) < 4.78 is 13.2. The minimum absolute atomic E-state index is 0.438. The molecule has 9 aromatic rings. The molecule has 0 radical (unpaired) electrons. The molecule has 2 heterocycles. The maximum Gasteiger partial charge on any atom is 0.156 e. The van der Waals surface area contributed by atoms with Crippen LogP contribution in [0.25, 0.3) is 33.4 Å². The van der Waals surface area contributed by atoms with Crippen LogP contribution in [0.5, 0.6) is 23.0 Å². The molecular weight excluding hydrogens is 719 g/mol. The summed E-state index contributed by atoms with van der Waals surface area (Å²) in [5, 5.41) is 0. The predicted molar refractivity (Wildman–Crippen MR) is 239 cm³/mol. The number of fused-ring (bicyclic) bond motifs is 7. The second-order valence-corrected chi connectivity index (χ2v) is 15.6. The molecule has 3 heteroatoms. The maximum atomic E-state index is 6.62. The molecule has 9 aromatic carbocycles. The van der Waals surface area contributed by atoms with Crippen molar-refractivity contribution in [2.24, 2.45) is 0 Å². The summed E-state index contributed by atoms with van der Waals surface area (Å²) in [6.07, 6.45) is 0.808. The van der Waals surface area contributed by atoms with Crippen LogP contribution < -0.4 is 14.4 Å². The Bertz CT molecular complexity index is 2970. The van der Waals surface area contributed by atoms with Crippen molar-refractivity contribution in [3.05, 3.63) is 246 Å². The molecule has 3 nitrogen and oxygen atoms in total. The lowest BCUT2D eigenvalue weighted by Crippen LogP contribution is -2.29. The van der Waals surface area contributed by atoms with Gasteiger partial charge in [-0.1, -0.05) is 176 Å². The number of benzene rings is 9. The number of ether oxygens (including phenoxy) is 2. The fourth-order valence-electron chi connectivity index (χ4n) is 9.92. The van der Waals surface area contributed by atoms with Gasteiger partial charge in [-0.05, 0) is 110 Å². The smallest absolute Gasteiger partial charge is 0.156 e. The number of anilines is 3. The molecule has 278 valence electrons. The summed E-state index contributed by atoms with van der Waals surface area (Å²) in [7, 11) is 0. The first-order chi connectivity index (χ1) is 29.3. The molecule has 0 fully saturated rings. The fraction of sp³-hybridized carbons (Fsp3) is 0.0357. The van der Waals surface area contributed by atoms with E-state index in [4.69, 9.17) is 9.47 Å². The first-order valence-electron chi connectivity index (χ1n) is 20.3. The quantitative estimate of drug-likeness (QED) is 0.169. The van der Waals surface area contributed by atoms with E-state index < -0.39 is 5.41 Å². The summed E-state index contributed by atoms with van der Waals surface area (Å²) in [4.78, 5) is 2.27. The van der Waals surface area contributed by atoms with Gasteiger partial charge in [0.1, 0.15) is 5.69 Å². The molecule has 0 N–H and O–H groups in total. The lowest BCUT2D eigenvalue weighted by Gasteiger charge is -2.38. The first-order valence-corrected chi connectivity index (χ1v) is 20.3. The minimum atomic E-state index is -0.438. The van der Waals surface area contributed by atoms with Gasteiger partial charge in [-0.15, -0.1) is 0 Å². The van der Waals surface area contributed by atoms with E-state index in [9.17, 15) is 0 Å². The van der Waals surface area contributed by atoms with Crippen LogP contribution >= 0.6 is 0 Å². The average Bonchev–Trinajstić information content (AvgIpc) is 3.61. The molecule has 0 saturated heterocycles. The van der Waals surface area contributed by atoms with Gasteiger partial charge in [0.05, 0.1) is 16.8 Å². The number of hydrogen-bond donors (Lipinski definition) is 0. The van der Waals surface area contributed by atoms with Crippen molar-refractivity contribution in [2.75, 3.05) is 4.90 Å². The van der Waals surface area contributed by atoms with E-state index in [2.05, 4.69) is 193 Å². The Morgan fingerprint density at radius 3 is 1.53 bits per heavy atom. The molecule has 0 atom stereocenters. The summed E-state index contributed by atoms with van der Waals surface area (Å²) >= 11 is 0. The van der Waals surface area contributed by atoms with Crippen molar-refractivity contribution in [1.29, 1.82) is 0 Å². The molecule has 0 unspecified atom stereocenters. The topological polar surface area (TPSA) is 21.7 Å². The van der Waals surface area contributed by atoms with Crippen LogP contribution in [0.3, 0.4) is 0 Å². The van der Waals surface area contributed by atoms with E-state index >= 15 is 0 Å². The molecule has 0 bridgehead atoms. The van der Waals surface area contributed by atoms with Gasteiger partial charge in [0.2, 0.25) is 0 Å². The predicted octanol–water partition coefficient (Wildman–Crippen LogP) is 14.7.